The van der Waals surface area contributed by atoms with Crippen LogP contribution in [0, 0.1) is 0 Å². The van der Waals surface area contributed by atoms with E-state index in [0.29, 0.717) is 100 Å². The summed E-state index contributed by atoms with van der Waals surface area (Å²) in [7, 11) is -10.6. The zero-order valence-corrected chi connectivity index (χ0v) is 60.6. The van der Waals surface area contributed by atoms with Gasteiger partial charge in [0.2, 0.25) is 0 Å². The monoisotopic (exact) mass is 1340 g/mol. The zero-order chi connectivity index (χ0) is 64.2. The first-order valence-corrected chi connectivity index (χ1v) is 49.6. The average molecular weight is 1350 g/mol. The van der Waals surface area contributed by atoms with Crippen LogP contribution < -0.4 is 20.0 Å². The molecule has 6 aromatic heterocycles. The Morgan fingerprint density at radius 1 is 0.506 bits per heavy atom. The lowest BCUT2D eigenvalue weighted by molar-refractivity contribution is 0.0941. The van der Waals surface area contributed by atoms with Crippen LogP contribution in [-0.2, 0) is 38.6 Å². The molecule has 2 aliphatic rings. The maximum atomic E-state index is 12.3. The third-order valence-electron chi connectivity index (χ3n) is 15.1. The van der Waals surface area contributed by atoms with Gasteiger partial charge in [0.1, 0.15) is 49.5 Å². The van der Waals surface area contributed by atoms with Crippen molar-refractivity contribution in [1.29, 1.82) is 0 Å². The summed E-state index contributed by atoms with van der Waals surface area (Å²) in [4.78, 5) is 25.2. The molecule has 27 heteroatoms. The number of anilines is 3. The van der Waals surface area contributed by atoms with E-state index >= 15 is 0 Å². The first-order chi connectivity index (χ1) is 42.0. The Morgan fingerprint density at radius 3 is 1.28 bits per heavy atom. The Bertz CT molecular complexity index is 3810. The highest BCUT2D eigenvalue weighted by atomic mass is 35.5. The molecule has 2 aromatic carbocycles. The standard InChI is InChI=1S/C31H46N6O4SSi2.C27H38ClN5O2Si2.C4H9NO2S/c1-43(2,3)17-13-40-23-36(24-41-14-18-44(4,5)6)30-20-29(35-11-15-42(38,39)16-12-35)34-31-27(22-33-37(30)31)26-19-25-9-7-8-10-28(25)32-21-26;1-36(2,3)13-11-34-19-32(20-35-12-14-37(4,5)6)26-16-25(28)31-27-23(18-30-33(26)27)22-15-21-9-7-8-10-24(21)29-17-22;6-8(7)3-1-5-2-4-8/h7-10,19-22H,11-18,23-24H2,1-6H3;7-10,15-18H,11-14,19-20H2,1-6H3;5H,1-4H2. The van der Waals surface area contributed by atoms with Crippen molar-refractivity contribution >= 4 is 114 Å². The first-order valence-electron chi connectivity index (χ1n) is 30.8. The minimum absolute atomic E-state index is 0.110. The molecule has 0 aliphatic carbocycles. The molecular weight excluding hydrogens is 1250 g/mol. The van der Waals surface area contributed by atoms with Crippen molar-refractivity contribution in [2.24, 2.45) is 0 Å². The second kappa shape index (κ2) is 30.5. The lowest BCUT2D eigenvalue weighted by Crippen LogP contribution is -2.41. The predicted octanol–water partition coefficient (Wildman–Crippen LogP) is 11.6. The van der Waals surface area contributed by atoms with Crippen LogP contribution in [0.4, 0.5) is 17.5 Å². The topological polar surface area (TPSA) is 213 Å². The number of hydrogen-bond donors (Lipinski definition) is 1. The van der Waals surface area contributed by atoms with Crippen LogP contribution in [0.5, 0.6) is 0 Å². The highest BCUT2D eigenvalue weighted by molar-refractivity contribution is 7.91. The van der Waals surface area contributed by atoms with Gasteiger partial charge in [-0.2, -0.15) is 19.2 Å². The molecule has 0 bridgehead atoms. The summed E-state index contributed by atoms with van der Waals surface area (Å²) in [6.45, 7) is 34.5. The number of pyridine rings is 2. The van der Waals surface area contributed by atoms with Gasteiger partial charge in [0.15, 0.2) is 31.0 Å². The molecule has 10 rings (SSSR count). The third-order valence-corrected chi connectivity index (χ3v) is 25.4. The zero-order valence-electron chi connectivity index (χ0n) is 54.3. The normalized spacial score (nSPS) is 15.4. The van der Waals surface area contributed by atoms with Crippen molar-refractivity contribution < 1.29 is 35.8 Å². The van der Waals surface area contributed by atoms with E-state index in [2.05, 4.69) is 127 Å². The molecule has 89 heavy (non-hydrogen) atoms. The van der Waals surface area contributed by atoms with Gasteiger partial charge in [0, 0.05) is 142 Å². The number of fused-ring (bicyclic) bond motifs is 4. The van der Waals surface area contributed by atoms with Crippen LogP contribution in [0.15, 0.2) is 97.6 Å². The van der Waals surface area contributed by atoms with Gasteiger partial charge in [0.25, 0.3) is 0 Å². The summed E-state index contributed by atoms with van der Waals surface area (Å²) in [5.41, 5.74) is 6.82. The Morgan fingerprint density at radius 2 is 0.888 bits per heavy atom. The SMILES string of the molecule is C[Si](C)(C)CCOCN(COCC[Si](C)(C)C)c1cc(Cl)nc2c(-c3cnc4ccccc4c3)cnn12.C[Si](C)(C)CCOCN(COCC[Si](C)(C)C)c1cc(N2CCS(=O)(=O)CC2)nc2c(-c3cnc4ccccc4c3)cnn12.O=S1(=O)CCNCC1. The minimum atomic E-state index is -3.05. The predicted molar refractivity (Wildman–Crippen MR) is 376 cm³/mol. The van der Waals surface area contributed by atoms with Gasteiger partial charge in [-0.1, -0.05) is 127 Å². The number of benzene rings is 2. The van der Waals surface area contributed by atoms with Crippen molar-refractivity contribution in [1.82, 2.24) is 44.5 Å². The summed E-state index contributed by atoms with van der Waals surface area (Å²) in [6, 6.07) is 28.5. The number of sulfone groups is 2. The van der Waals surface area contributed by atoms with Gasteiger partial charge >= 0.3 is 0 Å². The molecule has 8 heterocycles. The second-order valence-corrected chi connectivity index (χ2v) is 55.3. The van der Waals surface area contributed by atoms with Crippen LogP contribution >= 0.6 is 11.6 Å². The summed E-state index contributed by atoms with van der Waals surface area (Å²) < 4.78 is 74.1. The molecule has 484 valence electrons. The molecule has 2 saturated heterocycles. The van der Waals surface area contributed by atoms with Gasteiger partial charge in [0.05, 0.1) is 46.4 Å². The molecule has 0 saturated carbocycles. The van der Waals surface area contributed by atoms with E-state index in [1.54, 1.807) is 0 Å². The Balaban J connectivity index is 0.000000206. The van der Waals surface area contributed by atoms with Crippen LogP contribution in [0.2, 0.25) is 108 Å². The first kappa shape index (κ1) is 69.6. The number of nitrogens with zero attached hydrogens (tertiary/aromatic N) is 11. The maximum Gasteiger partial charge on any atom is 0.167 e. The van der Waals surface area contributed by atoms with Crippen LogP contribution in [0.3, 0.4) is 0 Å². The van der Waals surface area contributed by atoms with Crippen LogP contribution in [0.25, 0.3) is 55.4 Å². The largest absolute Gasteiger partial charge is 0.361 e. The van der Waals surface area contributed by atoms with Gasteiger partial charge in [-0.05, 0) is 48.4 Å². The van der Waals surface area contributed by atoms with E-state index in [0.717, 1.165) is 93.1 Å². The molecule has 2 fully saturated rings. The molecule has 20 nitrogen and oxygen atoms in total. The number of ether oxygens (including phenoxy) is 4. The van der Waals surface area contributed by atoms with Gasteiger partial charge in [-0.3, -0.25) is 9.97 Å². The molecule has 0 amide bonds. The fraction of sp³-hybridized carbons (Fsp3) is 0.516. The molecule has 0 atom stereocenters. The van der Waals surface area contributed by atoms with E-state index in [-0.39, 0.29) is 11.5 Å². The summed E-state index contributed by atoms with van der Waals surface area (Å²) in [5.74, 6) is 3.14. The Labute approximate surface area is 535 Å². The smallest absolute Gasteiger partial charge is 0.167 e. The van der Waals surface area contributed by atoms with E-state index in [4.69, 9.17) is 45.7 Å². The molecule has 0 radical (unpaired) electrons. The van der Waals surface area contributed by atoms with E-state index in [1.165, 1.54) is 0 Å². The lowest BCUT2D eigenvalue weighted by Gasteiger charge is -2.30. The second-order valence-electron chi connectivity index (χ2n) is 27.8. The summed E-state index contributed by atoms with van der Waals surface area (Å²) in [6.07, 6.45) is 7.37. The lowest BCUT2D eigenvalue weighted by atomic mass is 10.1. The molecule has 1 N–H and O–H groups in total. The fourth-order valence-electron chi connectivity index (χ4n) is 9.48. The highest BCUT2D eigenvalue weighted by Gasteiger charge is 2.27. The van der Waals surface area contributed by atoms with E-state index in [1.807, 2.05) is 93.3 Å². The molecule has 0 spiro atoms. The van der Waals surface area contributed by atoms with E-state index < -0.39 is 52.0 Å². The fourth-order valence-corrected chi connectivity index (χ4v) is 15.0. The summed E-state index contributed by atoms with van der Waals surface area (Å²) >= 11 is 6.56. The van der Waals surface area contributed by atoms with Gasteiger partial charge < -0.3 is 39.0 Å². The quantitative estimate of drug-likeness (QED) is 0.0244. The molecule has 0 unspecified atom stereocenters. The van der Waals surface area contributed by atoms with Crippen molar-refractivity contribution in [3.05, 3.63) is 103 Å². The Kier molecular flexibility index (Phi) is 23.8. The van der Waals surface area contributed by atoms with Gasteiger partial charge in [-0.15, -0.1) is 0 Å². The minimum Gasteiger partial charge on any atom is -0.361 e. The number of halogens is 1. The number of nitrogens with one attached hydrogen (secondary N) is 1. The maximum absolute atomic E-state index is 12.3. The molecule has 2 aliphatic heterocycles. The number of para-hydroxylation sites is 2. The Hall–Kier alpha value is -5.24. The van der Waals surface area contributed by atoms with Crippen molar-refractivity contribution in [3.63, 3.8) is 0 Å². The number of rotatable bonds is 25. The van der Waals surface area contributed by atoms with Gasteiger partial charge in [-0.25, -0.2) is 26.8 Å². The molecule has 8 aromatic rings. The van der Waals surface area contributed by atoms with Crippen LogP contribution in [0.1, 0.15) is 0 Å². The highest BCUT2D eigenvalue weighted by Crippen LogP contribution is 2.33. The number of hydrogen-bond acceptors (Lipinski definition) is 18. The third kappa shape index (κ3) is 21.4. The summed E-state index contributed by atoms with van der Waals surface area (Å²) in [5, 5.41) is 15.0. The number of aromatic nitrogens is 8. The van der Waals surface area contributed by atoms with E-state index in [9.17, 15) is 16.8 Å². The van der Waals surface area contributed by atoms with Crippen molar-refractivity contribution in [2.45, 2.75) is 103 Å². The van der Waals surface area contributed by atoms with Crippen molar-refractivity contribution in [3.8, 4) is 22.3 Å². The van der Waals surface area contributed by atoms with Crippen molar-refractivity contribution in [2.75, 3.05) is 117 Å². The molecular formula is C62H93ClN12O8S2Si4. The van der Waals surface area contributed by atoms with Crippen LogP contribution in [-0.4, -0.2) is 191 Å². The average Bonchev–Trinajstić information content (AvgIpc) is 1.78.